The van der Waals surface area contributed by atoms with Crippen molar-refractivity contribution in [3.8, 4) is 0 Å². The van der Waals surface area contributed by atoms with Crippen molar-refractivity contribution in [3.63, 3.8) is 0 Å². The second-order valence-electron chi connectivity index (χ2n) is 5.17. The summed E-state index contributed by atoms with van der Waals surface area (Å²) in [6, 6.07) is 1.49. The van der Waals surface area contributed by atoms with Gasteiger partial charge in [-0.3, -0.25) is 9.59 Å². The van der Waals surface area contributed by atoms with Crippen LogP contribution in [0.3, 0.4) is 0 Å². The van der Waals surface area contributed by atoms with Crippen molar-refractivity contribution in [3.05, 3.63) is 45.4 Å². The number of nitrogens with zero attached hydrogens (tertiary/aromatic N) is 4. The fourth-order valence-corrected chi connectivity index (χ4v) is 1.90. The zero-order valence-corrected chi connectivity index (χ0v) is 12.7. The third kappa shape index (κ3) is 3.56. The predicted octanol–water partition coefficient (Wildman–Crippen LogP) is 0.550. The normalized spacial score (nSPS) is 10.7. The van der Waals surface area contributed by atoms with Crippen molar-refractivity contribution in [1.29, 1.82) is 0 Å². The molecule has 0 atom stereocenters. The number of nitrogens with one attached hydrogen (secondary N) is 1. The lowest BCUT2D eigenvalue weighted by atomic mass is 10.2. The van der Waals surface area contributed by atoms with Crippen molar-refractivity contribution < 1.29 is 4.79 Å². The van der Waals surface area contributed by atoms with Crippen LogP contribution in [0, 0.1) is 20.8 Å². The smallest absolute Gasteiger partial charge is 0.267 e. The van der Waals surface area contributed by atoms with Crippen LogP contribution in [-0.2, 0) is 17.9 Å². The molecule has 0 saturated carbocycles. The van der Waals surface area contributed by atoms with Gasteiger partial charge in [-0.1, -0.05) is 0 Å². The summed E-state index contributed by atoms with van der Waals surface area (Å²) in [5, 5.41) is 4.14. The van der Waals surface area contributed by atoms with Gasteiger partial charge in [0.2, 0.25) is 5.91 Å². The van der Waals surface area contributed by atoms with E-state index in [-0.39, 0.29) is 18.0 Å². The Morgan fingerprint density at radius 2 is 2.10 bits per heavy atom. The molecule has 0 aliphatic rings. The molecule has 112 valence electrons. The molecule has 0 fully saturated rings. The molecule has 0 spiro atoms. The second-order valence-corrected chi connectivity index (χ2v) is 5.17. The van der Waals surface area contributed by atoms with Crippen LogP contribution in [0.15, 0.2) is 17.1 Å². The van der Waals surface area contributed by atoms with Crippen molar-refractivity contribution >= 4 is 5.91 Å². The summed E-state index contributed by atoms with van der Waals surface area (Å²) in [5.41, 5.74) is 2.24. The number of aryl methyl sites for hydroxylation is 3. The van der Waals surface area contributed by atoms with Crippen LogP contribution in [0.5, 0.6) is 0 Å². The average Bonchev–Trinajstić information content (AvgIpc) is 2.81. The molecule has 0 aliphatic heterocycles. The van der Waals surface area contributed by atoms with Crippen molar-refractivity contribution in [2.75, 3.05) is 7.05 Å². The minimum atomic E-state index is -0.270. The maximum atomic E-state index is 12.2. The number of imidazole rings is 1. The van der Waals surface area contributed by atoms with Crippen LogP contribution in [0.4, 0.5) is 0 Å². The molecule has 7 nitrogen and oxygen atoms in total. The van der Waals surface area contributed by atoms with Gasteiger partial charge in [0, 0.05) is 25.0 Å². The Hall–Kier alpha value is -2.44. The van der Waals surface area contributed by atoms with Gasteiger partial charge >= 0.3 is 0 Å². The molecular weight excluding hydrogens is 270 g/mol. The Morgan fingerprint density at radius 3 is 2.71 bits per heavy atom. The molecule has 0 aromatic carbocycles. The number of hydrogen-bond donors (Lipinski definition) is 1. The van der Waals surface area contributed by atoms with Crippen LogP contribution in [0.1, 0.15) is 22.8 Å². The van der Waals surface area contributed by atoms with Crippen molar-refractivity contribution in [2.24, 2.45) is 0 Å². The van der Waals surface area contributed by atoms with Crippen LogP contribution >= 0.6 is 0 Å². The maximum Gasteiger partial charge on any atom is 0.267 e. The molecule has 0 unspecified atom stereocenters. The van der Waals surface area contributed by atoms with Gasteiger partial charge in [-0.2, -0.15) is 5.10 Å². The van der Waals surface area contributed by atoms with Crippen LogP contribution in [-0.4, -0.2) is 37.6 Å². The lowest BCUT2D eigenvalue weighted by molar-refractivity contribution is -0.131. The van der Waals surface area contributed by atoms with Crippen LogP contribution in [0.25, 0.3) is 0 Å². The number of aromatic amines is 1. The van der Waals surface area contributed by atoms with Gasteiger partial charge in [0.15, 0.2) is 0 Å². The Bertz CT molecular complexity index is 716. The summed E-state index contributed by atoms with van der Waals surface area (Å²) >= 11 is 0. The molecule has 0 saturated heterocycles. The molecule has 7 heteroatoms. The largest absolute Gasteiger partial charge is 0.345 e. The summed E-state index contributed by atoms with van der Waals surface area (Å²) in [7, 11) is 1.67. The molecule has 2 aromatic heterocycles. The zero-order chi connectivity index (χ0) is 15.6. The first-order valence-corrected chi connectivity index (χ1v) is 6.66. The predicted molar refractivity (Wildman–Crippen MR) is 77.8 cm³/mol. The summed E-state index contributed by atoms with van der Waals surface area (Å²) < 4.78 is 1.19. The molecule has 0 aliphatic carbocycles. The number of aromatic nitrogens is 4. The molecular formula is C14H19N5O2. The van der Waals surface area contributed by atoms with E-state index < -0.39 is 0 Å². The average molecular weight is 289 g/mol. The van der Waals surface area contributed by atoms with E-state index in [1.54, 1.807) is 13.2 Å². The third-order valence-electron chi connectivity index (χ3n) is 3.29. The third-order valence-corrected chi connectivity index (χ3v) is 3.29. The minimum absolute atomic E-state index is 0.0733. The summed E-state index contributed by atoms with van der Waals surface area (Å²) in [6.45, 7) is 5.83. The van der Waals surface area contributed by atoms with E-state index in [9.17, 15) is 9.59 Å². The number of H-pyrrole nitrogens is 1. The van der Waals surface area contributed by atoms with E-state index in [0.717, 1.165) is 17.0 Å². The van der Waals surface area contributed by atoms with Gasteiger partial charge in [-0.05, 0) is 26.3 Å². The number of carbonyl (C=O) groups excluding carboxylic acids is 1. The highest BCUT2D eigenvalue weighted by molar-refractivity contribution is 5.75. The first-order chi connectivity index (χ1) is 9.86. The van der Waals surface area contributed by atoms with Crippen molar-refractivity contribution in [1.82, 2.24) is 24.6 Å². The Labute approximate surface area is 122 Å². The van der Waals surface area contributed by atoms with Gasteiger partial charge in [0.25, 0.3) is 5.56 Å². The van der Waals surface area contributed by atoms with E-state index in [1.807, 2.05) is 20.8 Å². The lowest BCUT2D eigenvalue weighted by Gasteiger charge is -2.16. The molecule has 1 amide bonds. The Balaban J connectivity index is 2.07. The van der Waals surface area contributed by atoms with Gasteiger partial charge in [-0.25, -0.2) is 9.67 Å². The summed E-state index contributed by atoms with van der Waals surface area (Å²) in [4.78, 5) is 32.7. The quantitative estimate of drug-likeness (QED) is 0.891. The number of hydrogen-bond acceptors (Lipinski definition) is 4. The van der Waals surface area contributed by atoms with E-state index in [1.165, 1.54) is 15.6 Å². The van der Waals surface area contributed by atoms with Crippen LogP contribution < -0.4 is 5.56 Å². The topological polar surface area (TPSA) is 83.9 Å². The monoisotopic (exact) mass is 289 g/mol. The first-order valence-electron chi connectivity index (χ1n) is 6.66. The number of amides is 1. The van der Waals surface area contributed by atoms with E-state index in [4.69, 9.17) is 0 Å². The van der Waals surface area contributed by atoms with E-state index in [2.05, 4.69) is 15.1 Å². The van der Waals surface area contributed by atoms with Crippen molar-refractivity contribution in [2.45, 2.75) is 33.9 Å². The maximum absolute atomic E-state index is 12.2. The number of carbonyl (C=O) groups is 1. The highest BCUT2D eigenvalue weighted by atomic mass is 16.2. The Morgan fingerprint density at radius 1 is 1.38 bits per heavy atom. The standard InChI is InChI=1S/C14H19N5O2/c1-9-5-13(20)19(17-11(9)3)8-14(21)18(4)7-12-15-6-10(2)16-12/h5-6H,7-8H2,1-4H3,(H,15,16). The molecule has 0 bridgehead atoms. The molecule has 0 radical (unpaired) electrons. The first kappa shape index (κ1) is 15.0. The van der Waals surface area contributed by atoms with Gasteiger partial charge in [0.05, 0.1) is 12.2 Å². The van der Waals surface area contributed by atoms with E-state index >= 15 is 0 Å². The van der Waals surface area contributed by atoms with Crippen LogP contribution in [0.2, 0.25) is 0 Å². The molecule has 2 aromatic rings. The molecule has 21 heavy (non-hydrogen) atoms. The van der Waals surface area contributed by atoms with E-state index in [0.29, 0.717) is 12.4 Å². The van der Waals surface area contributed by atoms with Gasteiger partial charge in [0.1, 0.15) is 12.4 Å². The van der Waals surface area contributed by atoms with Gasteiger partial charge < -0.3 is 9.88 Å². The zero-order valence-electron chi connectivity index (χ0n) is 12.7. The second kappa shape index (κ2) is 5.90. The minimum Gasteiger partial charge on any atom is -0.345 e. The fourth-order valence-electron chi connectivity index (χ4n) is 1.90. The fraction of sp³-hybridized carbons (Fsp3) is 0.429. The highest BCUT2D eigenvalue weighted by Gasteiger charge is 2.13. The summed E-state index contributed by atoms with van der Waals surface area (Å²) in [6.07, 6.45) is 1.71. The highest BCUT2D eigenvalue weighted by Crippen LogP contribution is 2.01. The van der Waals surface area contributed by atoms with Gasteiger partial charge in [-0.15, -0.1) is 0 Å². The summed E-state index contributed by atoms with van der Waals surface area (Å²) in [5.74, 6) is 0.519. The number of rotatable bonds is 4. The molecule has 1 N–H and O–H groups in total. The molecule has 2 rings (SSSR count). The molecule has 2 heterocycles. The SMILES string of the molecule is Cc1cnc(CN(C)C(=O)Cn2nc(C)c(C)cc2=O)[nH]1. The number of likely N-dealkylation sites (N-methyl/N-ethyl adjacent to an activating group) is 1. The lowest BCUT2D eigenvalue weighted by Crippen LogP contribution is -2.35. The Kier molecular flexibility index (Phi) is 4.21.